The normalized spacial score (nSPS) is 15.3. The first-order chi connectivity index (χ1) is 14.5. The number of halogens is 2. The second-order valence-corrected chi connectivity index (χ2v) is 7.27. The molecule has 1 saturated heterocycles. The number of oxazole rings is 1. The molecule has 1 fully saturated rings. The standard InChI is InChI=1S/C22H22F2N4O2/c23-17-4-1-3-16(11-17)13-27-7-9-28(10-8-27)14-21-26-20(15-30-21)22(29)25-19-6-2-5-18(24)12-19/h1-6,11-12,15H,7-10,13-14H2,(H,25,29). The summed E-state index contributed by atoms with van der Waals surface area (Å²) in [5, 5.41) is 2.60. The topological polar surface area (TPSA) is 61.6 Å². The molecule has 6 nitrogen and oxygen atoms in total. The van der Waals surface area contributed by atoms with Crippen molar-refractivity contribution in [1.29, 1.82) is 0 Å². The molecule has 1 aliphatic rings. The molecule has 1 N–H and O–H groups in total. The number of carbonyl (C=O) groups is 1. The lowest BCUT2D eigenvalue weighted by atomic mass is 10.2. The number of benzene rings is 2. The van der Waals surface area contributed by atoms with Crippen molar-refractivity contribution in [2.45, 2.75) is 13.1 Å². The summed E-state index contributed by atoms with van der Waals surface area (Å²) in [6.07, 6.45) is 1.31. The van der Waals surface area contributed by atoms with Crippen LogP contribution in [0.25, 0.3) is 0 Å². The molecule has 0 spiro atoms. The van der Waals surface area contributed by atoms with E-state index in [1.807, 2.05) is 6.07 Å². The van der Waals surface area contributed by atoms with Crippen LogP contribution in [0.2, 0.25) is 0 Å². The van der Waals surface area contributed by atoms with Gasteiger partial charge in [-0.05, 0) is 35.9 Å². The lowest BCUT2D eigenvalue weighted by molar-refractivity contribution is 0.102. The van der Waals surface area contributed by atoms with Crippen LogP contribution < -0.4 is 5.32 Å². The van der Waals surface area contributed by atoms with Gasteiger partial charge in [-0.15, -0.1) is 0 Å². The maximum absolute atomic E-state index is 13.3. The molecule has 2 aromatic carbocycles. The monoisotopic (exact) mass is 412 g/mol. The molecular formula is C22H22F2N4O2. The van der Waals surface area contributed by atoms with E-state index in [0.717, 1.165) is 38.3 Å². The SMILES string of the molecule is O=C(Nc1cccc(F)c1)c1coc(CN2CCN(Cc3cccc(F)c3)CC2)n1. The van der Waals surface area contributed by atoms with Crippen LogP contribution in [-0.4, -0.2) is 46.9 Å². The van der Waals surface area contributed by atoms with Crippen molar-refractivity contribution in [3.63, 3.8) is 0 Å². The molecule has 0 unspecified atom stereocenters. The summed E-state index contributed by atoms with van der Waals surface area (Å²) in [4.78, 5) is 21.0. The zero-order chi connectivity index (χ0) is 20.9. The van der Waals surface area contributed by atoms with Crippen molar-refractivity contribution in [3.05, 3.63) is 83.6 Å². The molecule has 8 heteroatoms. The van der Waals surface area contributed by atoms with Gasteiger partial charge in [0, 0.05) is 38.4 Å². The van der Waals surface area contributed by atoms with Gasteiger partial charge in [-0.3, -0.25) is 14.6 Å². The summed E-state index contributed by atoms with van der Waals surface area (Å²) < 4.78 is 32.0. The van der Waals surface area contributed by atoms with E-state index in [4.69, 9.17) is 4.42 Å². The number of amides is 1. The van der Waals surface area contributed by atoms with Crippen molar-refractivity contribution in [1.82, 2.24) is 14.8 Å². The molecule has 0 bridgehead atoms. The highest BCUT2D eigenvalue weighted by molar-refractivity contribution is 6.02. The van der Waals surface area contributed by atoms with E-state index in [-0.39, 0.29) is 11.5 Å². The third-order valence-electron chi connectivity index (χ3n) is 4.99. The summed E-state index contributed by atoms with van der Waals surface area (Å²) in [5.74, 6) is -0.633. The highest BCUT2D eigenvalue weighted by Crippen LogP contribution is 2.14. The lowest BCUT2D eigenvalue weighted by Gasteiger charge is -2.34. The minimum Gasteiger partial charge on any atom is -0.447 e. The van der Waals surface area contributed by atoms with E-state index in [0.29, 0.717) is 18.1 Å². The number of anilines is 1. The molecule has 1 amide bonds. The second kappa shape index (κ2) is 9.15. The van der Waals surface area contributed by atoms with Gasteiger partial charge in [0.2, 0.25) is 5.89 Å². The Kier molecular flexibility index (Phi) is 6.15. The number of nitrogens with one attached hydrogen (secondary N) is 1. The van der Waals surface area contributed by atoms with Gasteiger partial charge in [0.15, 0.2) is 5.69 Å². The first-order valence-corrected chi connectivity index (χ1v) is 9.76. The van der Waals surface area contributed by atoms with Gasteiger partial charge in [-0.2, -0.15) is 0 Å². The average Bonchev–Trinajstić information content (AvgIpc) is 3.18. The molecule has 0 aliphatic carbocycles. The van der Waals surface area contributed by atoms with Gasteiger partial charge in [0.25, 0.3) is 5.91 Å². The summed E-state index contributed by atoms with van der Waals surface area (Å²) in [6.45, 7) is 4.56. The third-order valence-corrected chi connectivity index (χ3v) is 4.99. The van der Waals surface area contributed by atoms with Crippen molar-refractivity contribution in [3.8, 4) is 0 Å². The third kappa shape index (κ3) is 5.28. The van der Waals surface area contributed by atoms with E-state index in [9.17, 15) is 13.6 Å². The first-order valence-electron chi connectivity index (χ1n) is 9.76. The van der Waals surface area contributed by atoms with Crippen LogP contribution in [0.4, 0.5) is 14.5 Å². The molecule has 30 heavy (non-hydrogen) atoms. The van der Waals surface area contributed by atoms with E-state index in [1.165, 1.54) is 30.5 Å². The fraction of sp³-hybridized carbons (Fsp3) is 0.273. The van der Waals surface area contributed by atoms with Crippen LogP contribution in [-0.2, 0) is 13.1 Å². The van der Waals surface area contributed by atoms with Crippen molar-refractivity contribution < 1.29 is 18.0 Å². The smallest absolute Gasteiger partial charge is 0.277 e. The minimum absolute atomic E-state index is 0.152. The number of nitrogens with zero attached hydrogens (tertiary/aromatic N) is 3. The van der Waals surface area contributed by atoms with Gasteiger partial charge in [0.05, 0.1) is 6.54 Å². The van der Waals surface area contributed by atoms with E-state index >= 15 is 0 Å². The summed E-state index contributed by atoms with van der Waals surface area (Å²) in [6, 6.07) is 12.3. The van der Waals surface area contributed by atoms with Crippen LogP contribution >= 0.6 is 0 Å². The number of carbonyl (C=O) groups excluding carboxylic acids is 1. The van der Waals surface area contributed by atoms with Crippen molar-refractivity contribution in [2.24, 2.45) is 0 Å². The second-order valence-electron chi connectivity index (χ2n) is 7.27. The van der Waals surface area contributed by atoms with Gasteiger partial charge >= 0.3 is 0 Å². The lowest BCUT2D eigenvalue weighted by Crippen LogP contribution is -2.45. The molecule has 1 aliphatic heterocycles. The Morgan fingerprint density at radius 2 is 1.63 bits per heavy atom. The summed E-state index contributed by atoms with van der Waals surface area (Å²) >= 11 is 0. The zero-order valence-corrected chi connectivity index (χ0v) is 16.4. The van der Waals surface area contributed by atoms with Crippen molar-refractivity contribution >= 4 is 11.6 Å². The quantitative estimate of drug-likeness (QED) is 0.671. The van der Waals surface area contributed by atoms with Crippen LogP contribution in [0.1, 0.15) is 21.9 Å². The molecule has 156 valence electrons. The molecular weight excluding hydrogens is 390 g/mol. The summed E-state index contributed by atoms with van der Waals surface area (Å²) in [5.41, 5.74) is 1.48. The Balaban J connectivity index is 1.27. The van der Waals surface area contributed by atoms with Crippen molar-refractivity contribution in [2.75, 3.05) is 31.5 Å². The Morgan fingerprint density at radius 1 is 0.967 bits per heavy atom. The maximum atomic E-state index is 13.3. The van der Waals surface area contributed by atoms with E-state index < -0.39 is 11.7 Å². The molecule has 0 saturated carbocycles. The van der Waals surface area contributed by atoms with Crippen LogP contribution in [0.3, 0.4) is 0 Å². The molecule has 2 heterocycles. The Hall–Kier alpha value is -3.10. The molecule has 3 aromatic rings. The zero-order valence-electron chi connectivity index (χ0n) is 16.4. The van der Waals surface area contributed by atoms with Crippen LogP contribution in [0.15, 0.2) is 59.2 Å². The highest BCUT2D eigenvalue weighted by Gasteiger charge is 2.20. The molecule has 0 atom stereocenters. The Bertz CT molecular complexity index is 1020. The number of hydrogen-bond donors (Lipinski definition) is 1. The average molecular weight is 412 g/mol. The fourth-order valence-corrected chi connectivity index (χ4v) is 3.44. The van der Waals surface area contributed by atoms with Gasteiger partial charge in [-0.25, -0.2) is 13.8 Å². The number of hydrogen-bond acceptors (Lipinski definition) is 5. The van der Waals surface area contributed by atoms with E-state index in [1.54, 1.807) is 18.2 Å². The predicted molar refractivity (Wildman–Crippen MR) is 108 cm³/mol. The molecule has 4 rings (SSSR count). The number of rotatable bonds is 6. The van der Waals surface area contributed by atoms with E-state index in [2.05, 4.69) is 20.1 Å². The molecule has 1 aromatic heterocycles. The largest absolute Gasteiger partial charge is 0.447 e. The maximum Gasteiger partial charge on any atom is 0.277 e. The van der Waals surface area contributed by atoms with Crippen LogP contribution in [0.5, 0.6) is 0 Å². The Labute approximate surface area is 173 Å². The Morgan fingerprint density at radius 3 is 2.33 bits per heavy atom. The van der Waals surface area contributed by atoms with Gasteiger partial charge in [0.1, 0.15) is 17.9 Å². The minimum atomic E-state index is -0.449. The number of aromatic nitrogens is 1. The highest BCUT2D eigenvalue weighted by atomic mass is 19.1. The van der Waals surface area contributed by atoms with Crippen LogP contribution in [0, 0.1) is 11.6 Å². The summed E-state index contributed by atoms with van der Waals surface area (Å²) in [7, 11) is 0. The predicted octanol–water partition coefficient (Wildman–Crippen LogP) is 3.52. The molecule has 0 radical (unpaired) electrons. The number of piperazine rings is 1. The van der Waals surface area contributed by atoms with Gasteiger partial charge < -0.3 is 9.73 Å². The first kappa shape index (κ1) is 20.2. The fourth-order valence-electron chi connectivity index (χ4n) is 3.44. The van der Waals surface area contributed by atoms with Gasteiger partial charge in [-0.1, -0.05) is 18.2 Å².